The highest BCUT2D eigenvalue weighted by Crippen LogP contribution is 2.19. The molecule has 1 heterocycles. The van der Waals surface area contributed by atoms with Crippen molar-refractivity contribution in [1.29, 1.82) is 0 Å². The number of hydrogen-bond donors (Lipinski definition) is 1. The Morgan fingerprint density at radius 3 is 2.79 bits per heavy atom. The minimum Gasteiger partial charge on any atom is -0.356 e. The standard InChI is InChI=1S/C15H20N2O2/c1-2-14(18)16-9-13-8-15(19)17(11-13)10-12-6-4-3-5-7-12/h3-7,13H,2,8-11H2,1H3,(H,16,18). The normalized spacial score (nSPS) is 18.7. The van der Waals surface area contributed by atoms with Gasteiger partial charge in [-0.2, -0.15) is 0 Å². The predicted molar refractivity (Wildman–Crippen MR) is 73.3 cm³/mol. The van der Waals surface area contributed by atoms with Crippen LogP contribution in [0.15, 0.2) is 30.3 Å². The molecule has 4 heteroatoms. The van der Waals surface area contributed by atoms with Crippen molar-refractivity contribution >= 4 is 11.8 Å². The Labute approximate surface area is 113 Å². The number of nitrogens with zero attached hydrogens (tertiary/aromatic N) is 1. The highest BCUT2D eigenvalue weighted by Gasteiger charge is 2.29. The second kappa shape index (κ2) is 6.36. The molecule has 0 aromatic heterocycles. The second-order valence-electron chi connectivity index (χ2n) is 4.99. The van der Waals surface area contributed by atoms with Gasteiger partial charge < -0.3 is 10.2 Å². The number of likely N-dealkylation sites (tertiary alicyclic amines) is 1. The summed E-state index contributed by atoms with van der Waals surface area (Å²) in [4.78, 5) is 25.0. The van der Waals surface area contributed by atoms with Crippen LogP contribution in [0.1, 0.15) is 25.3 Å². The Balaban J connectivity index is 1.84. The summed E-state index contributed by atoms with van der Waals surface area (Å²) in [7, 11) is 0. The van der Waals surface area contributed by atoms with E-state index in [1.54, 1.807) is 0 Å². The molecule has 1 fully saturated rings. The first-order valence-electron chi connectivity index (χ1n) is 6.77. The Kier molecular flexibility index (Phi) is 4.55. The number of hydrogen-bond acceptors (Lipinski definition) is 2. The van der Waals surface area contributed by atoms with E-state index in [-0.39, 0.29) is 17.7 Å². The highest BCUT2D eigenvalue weighted by atomic mass is 16.2. The lowest BCUT2D eigenvalue weighted by molar-refractivity contribution is -0.128. The van der Waals surface area contributed by atoms with E-state index in [1.165, 1.54) is 0 Å². The number of carbonyl (C=O) groups is 2. The van der Waals surface area contributed by atoms with Gasteiger partial charge in [0.1, 0.15) is 0 Å². The van der Waals surface area contributed by atoms with E-state index in [9.17, 15) is 9.59 Å². The molecule has 102 valence electrons. The van der Waals surface area contributed by atoms with E-state index in [4.69, 9.17) is 0 Å². The van der Waals surface area contributed by atoms with E-state index in [0.29, 0.717) is 25.9 Å². The van der Waals surface area contributed by atoms with Gasteiger partial charge in [-0.25, -0.2) is 0 Å². The number of benzene rings is 1. The maximum atomic E-state index is 11.9. The van der Waals surface area contributed by atoms with Crippen LogP contribution in [-0.2, 0) is 16.1 Å². The van der Waals surface area contributed by atoms with E-state index in [2.05, 4.69) is 5.32 Å². The molecule has 1 aliphatic rings. The second-order valence-corrected chi connectivity index (χ2v) is 4.99. The Bertz CT molecular complexity index is 445. The monoisotopic (exact) mass is 260 g/mol. The lowest BCUT2D eigenvalue weighted by Gasteiger charge is -2.17. The third kappa shape index (κ3) is 3.81. The number of rotatable bonds is 5. The van der Waals surface area contributed by atoms with Gasteiger partial charge in [-0.3, -0.25) is 9.59 Å². The lowest BCUT2D eigenvalue weighted by Crippen LogP contribution is -2.30. The van der Waals surface area contributed by atoms with Gasteiger partial charge >= 0.3 is 0 Å². The molecule has 1 saturated heterocycles. The summed E-state index contributed by atoms with van der Waals surface area (Å²) >= 11 is 0. The Morgan fingerprint density at radius 2 is 2.11 bits per heavy atom. The van der Waals surface area contributed by atoms with Crippen LogP contribution < -0.4 is 5.32 Å². The van der Waals surface area contributed by atoms with Crippen LogP contribution in [0.5, 0.6) is 0 Å². The van der Waals surface area contributed by atoms with Crippen LogP contribution in [0.2, 0.25) is 0 Å². The fourth-order valence-corrected chi connectivity index (χ4v) is 2.33. The fraction of sp³-hybridized carbons (Fsp3) is 0.467. The summed E-state index contributed by atoms with van der Waals surface area (Å²) < 4.78 is 0. The molecule has 19 heavy (non-hydrogen) atoms. The number of amides is 2. The first kappa shape index (κ1) is 13.6. The minimum absolute atomic E-state index is 0.0500. The zero-order valence-corrected chi connectivity index (χ0v) is 11.3. The molecule has 1 unspecified atom stereocenters. The number of carbonyl (C=O) groups excluding carboxylic acids is 2. The van der Waals surface area contributed by atoms with E-state index < -0.39 is 0 Å². The molecule has 1 N–H and O–H groups in total. The molecule has 0 spiro atoms. The summed E-state index contributed by atoms with van der Waals surface area (Å²) in [5.74, 6) is 0.472. The topological polar surface area (TPSA) is 49.4 Å². The molecule has 0 saturated carbocycles. The Morgan fingerprint density at radius 1 is 1.37 bits per heavy atom. The van der Waals surface area contributed by atoms with E-state index in [0.717, 1.165) is 12.1 Å². The quantitative estimate of drug-likeness (QED) is 0.873. The lowest BCUT2D eigenvalue weighted by atomic mass is 10.1. The maximum Gasteiger partial charge on any atom is 0.223 e. The molecule has 4 nitrogen and oxygen atoms in total. The largest absolute Gasteiger partial charge is 0.356 e. The van der Waals surface area contributed by atoms with Crippen LogP contribution in [0.4, 0.5) is 0 Å². The molecular weight excluding hydrogens is 240 g/mol. The first-order valence-corrected chi connectivity index (χ1v) is 6.77. The van der Waals surface area contributed by atoms with Gasteiger partial charge in [-0.15, -0.1) is 0 Å². The molecular formula is C15H20N2O2. The third-order valence-corrected chi connectivity index (χ3v) is 3.42. The van der Waals surface area contributed by atoms with Crippen molar-refractivity contribution in [2.24, 2.45) is 5.92 Å². The van der Waals surface area contributed by atoms with Gasteiger partial charge in [0.2, 0.25) is 11.8 Å². The fourth-order valence-electron chi connectivity index (χ4n) is 2.33. The Hall–Kier alpha value is -1.84. The third-order valence-electron chi connectivity index (χ3n) is 3.42. The zero-order chi connectivity index (χ0) is 13.7. The van der Waals surface area contributed by atoms with Gasteiger partial charge in [-0.1, -0.05) is 37.3 Å². The van der Waals surface area contributed by atoms with Crippen LogP contribution >= 0.6 is 0 Å². The van der Waals surface area contributed by atoms with E-state index in [1.807, 2.05) is 42.2 Å². The molecule has 1 aromatic carbocycles. The summed E-state index contributed by atoms with van der Waals surface area (Å²) in [6.07, 6.45) is 1.03. The predicted octanol–water partition coefficient (Wildman–Crippen LogP) is 1.56. The number of nitrogens with one attached hydrogen (secondary N) is 1. The molecule has 2 amide bonds. The van der Waals surface area contributed by atoms with Crippen LogP contribution in [0.25, 0.3) is 0 Å². The van der Waals surface area contributed by atoms with Gasteiger partial charge in [0.15, 0.2) is 0 Å². The zero-order valence-electron chi connectivity index (χ0n) is 11.3. The minimum atomic E-state index is 0.0500. The van der Waals surface area contributed by atoms with Crippen molar-refractivity contribution in [2.45, 2.75) is 26.3 Å². The average Bonchev–Trinajstić information content (AvgIpc) is 2.78. The summed E-state index contributed by atoms with van der Waals surface area (Å²) in [5, 5.41) is 2.86. The molecule has 0 radical (unpaired) electrons. The van der Waals surface area contributed by atoms with Gasteiger partial charge in [0.25, 0.3) is 0 Å². The van der Waals surface area contributed by atoms with E-state index >= 15 is 0 Å². The SMILES string of the molecule is CCC(=O)NCC1CC(=O)N(Cc2ccccc2)C1. The summed E-state index contributed by atoms with van der Waals surface area (Å²) in [6, 6.07) is 9.99. The van der Waals surface area contributed by atoms with Gasteiger partial charge in [0, 0.05) is 38.4 Å². The van der Waals surface area contributed by atoms with Crippen molar-refractivity contribution in [3.05, 3.63) is 35.9 Å². The smallest absolute Gasteiger partial charge is 0.223 e. The van der Waals surface area contributed by atoms with Crippen molar-refractivity contribution in [2.75, 3.05) is 13.1 Å². The highest BCUT2D eigenvalue weighted by molar-refractivity contribution is 5.79. The first-order chi connectivity index (χ1) is 9.19. The molecule has 0 bridgehead atoms. The van der Waals surface area contributed by atoms with Crippen molar-refractivity contribution in [1.82, 2.24) is 10.2 Å². The van der Waals surface area contributed by atoms with Crippen molar-refractivity contribution in [3.63, 3.8) is 0 Å². The maximum absolute atomic E-state index is 11.9. The van der Waals surface area contributed by atoms with Crippen LogP contribution in [0, 0.1) is 5.92 Å². The molecule has 0 aliphatic carbocycles. The van der Waals surface area contributed by atoms with Gasteiger partial charge in [0.05, 0.1) is 0 Å². The summed E-state index contributed by atoms with van der Waals surface area (Å²) in [5.41, 5.74) is 1.15. The molecule has 1 aromatic rings. The molecule has 1 aliphatic heterocycles. The van der Waals surface area contributed by atoms with Gasteiger partial charge in [-0.05, 0) is 5.56 Å². The van der Waals surface area contributed by atoms with Crippen LogP contribution in [0.3, 0.4) is 0 Å². The summed E-state index contributed by atoms with van der Waals surface area (Å²) in [6.45, 7) is 3.83. The average molecular weight is 260 g/mol. The van der Waals surface area contributed by atoms with Crippen molar-refractivity contribution in [3.8, 4) is 0 Å². The molecule has 1 atom stereocenters. The van der Waals surface area contributed by atoms with Crippen molar-refractivity contribution < 1.29 is 9.59 Å². The van der Waals surface area contributed by atoms with Crippen LogP contribution in [-0.4, -0.2) is 29.8 Å². The molecule has 2 rings (SSSR count).